The first-order valence-electron chi connectivity index (χ1n) is 5.96. The van der Waals surface area contributed by atoms with Crippen LogP contribution in [0.2, 0.25) is 5.02 Å². The summed E-state index contributed by atoms with van der Waals surface area (Å²) >= 11 is 5.84. The van der Waals surface area contributed by atoms with Crippen LogP contribution in [0.25, 0.3) is 0 Å². The SMILES string of the molecule is COc1ccc(Cl)cc1CC(=O)N[C@@H](CC(N)=O)C(=O)O. The van der Waals surface area contributed by atoms with Crippen LogP contribution in [-0.2, 0) is 20.8 Å². The lowest BCUT2D eigenvalue weighted by atomic mass is 10.1. The van der Waals surface area contributed by atoms with Crippen molar-refractivity contribution in [2.75, 3.05) is 7.11 Å². The zero-order valence-electron chi connectivity index (χ0n) is 11.3. The highest BCUT2D eigenvalue weighted by Gasteiger charge is 2.22. The third kappa shape index (κ3) is 5.31. The number of ether oxygens (including phenoxy) is 1. The van der Waals surface area contributed by atoms with Crippen LogP contribution in [0.3, 0.4) is 0 Å². The first-order valence-corrected chi connectivity index (χ1v) is 6.34. The van der Waals surface area contributed by atoms with Crippen LogP contribution in [-0.4, -0.2) is 36.0 Å². The molecule has 0 unspecified atom stereocenters. The summed E-state index contributed by atoms with van der Waals surface area (Å²) in [5.74, 6) is -2.27. The molecule has 7 nitrogen and oxygen atoms in total. The maximum atomic E-state index is 11.9. The number of carbonyl (C=O) groups excluding carboxylic acids is 2. The smallest absolute Gasteiger partial charge is 0.326 e. The van der Waals surface area contributed by atoms with Gasteiger partial charge in [0, 0.05) is 10.6 Å². The van der Waals surface area contributed by atoms with Crippen LogP contribution < -0.4 is 15.8 Å². The van der Waals surface area contributed by atoms with Crippen molar-refractivity contribution in [3.63, 3.8) is 0 Å². The molecule has 0 aromatic heterocycles. The fourth-order valence-corrected chi connectivity index (χ4v) is 1.90. The molecule has 1 aromatic rings. The number of nitrogens with one attached hydrogen (secondary N) is 1. The zero-order chi connectivity index (χ0) is 16.0. The Morgan fingerprint density at radius 1 is 1.43 bits per heavy atom. The number of nitrogens with two attached hydrogens (primary N) is 1. The van der Waals surface area contributed by atoms with Crippen molar-refractivity contribution in [1.29, 1.82) is 0 Å². The van der Waals surface area contributed by atoms with Crippen LogP contribution in [0.1, 0.15) is 12.0 Å². The van der Waals surface area contributed by atoms with Gasteiger partial charge in [-0.25, -0.2) is 4.79 Å². The zero-order valence-corrected chi connectivity index (χ0v) is 12.0. The molecule has 1 atom stereocenters. The number of benzene rings is 1. The Morgan fingerprint density at radius 3 is 2.62 bits per heavy atom. The van der Waals surface area contributed by atoms with E-state index in [1.807, 2.05) is 0 Å². The summed E-state index contributed by atoms with van der Waals surface area (Å²) in [5, 5.41) is 11.6. The summed E-state index contributed by atoms with van der Waals surface area (Å²) in [6.07, 6.45) is -0.611. The Hall–Kier alpha value is -2.28. The average molecular weight is 315 g/mol. The number of carbonyl (C=O) groups is 3. The van der Waals surface area contributed by atoms with Crippen molar-refractivity contribution in [1.82, 2.24) is 5.32 Å². The number of primary amides is 1. The van der Waals surface area contributed by atoms with E-state index in [0.29, 0.717) is 16.3 Å². The highest BCUT2D eigenvalue weighted by Crippen LogP contribution is 2.23. The summed E-state index contributed by atoms with van der Waals surface area (Å²) in [7, 11) is 1.44. The molecule has 0 spiro atoms. The highest BCUT2D eigenvalue weighted by atomic mass is 35.5. The molecular weight excluding hydrogens is 300 g/mol. The van der Waals surface area contributed by atoms with Crippen LogP contribution in [0.5, 0.6) is 5.75 Å². The van der Waals surface area contributed by atoms with E-state index in [9.17, 15) is 14.4 Å². The van der Waals surface area contributed by atoms with Crippen LogP contribution >= 0.6 is 11.6 Å². The van der Waals surface area contributed by atoms with Crippen molar-refractivity contribution in [2.24, 2.45) is 5.73 Å². The van der Waals surface area contributed by atoms with Gasteiger partial charge in [-0.15, -0.1) is 0 Å². The Kier molecular flexibility index (Phi) is 5.98. The molecule has 1 aromatic carbocycles. The van der Waals surface area contributed by atoms with Gasteiger partial charge >= 0.3 is 5.97 Å². The van der Waals surface area contributed by atoms with Crippen molar-refractivity contribution >= 4 is 29.4 Å². The average Bonchev–Trinajstić information content (AvgIpc) is 2.37. The van der Waals surface area contributed by atoms with Gasteiger partial charge in [-0.05, 0) is 18.2 Å². The minimum Gasteiger partial charge on any atom is -0.496 e. The van der Waals surface area contributed by atoms with Crippen molar-refractivity contribution in [3.05, 3.63) is 28.8 Å². The number of methoxy groups -OCH3 is 1. The lowest BCUT2D eigenvalue weighted by molar-refractivity contribution is -0.143. The van der Waals surface area contributed by atoms with Crippen LogP contribution in [0, 0.1) is 0 Å². The van der Waals surface area contributed by atoms with Crippen molar-refractivity contribution < 1.29 is 24.2 Å². The van der Waals surface area contributed by atoms with Gasteiger partial charge in [-0.2, -0.15) is 0 Å². The quantitative estimate of drug-likeness (QED) is 0.670. The Balaban J connectivity index is 2.78. The predicted octanol–water partition coefficient (Wildman–Crippen LogP) is 0.336. The van der Waals surface area contributed by atoms with E-state index in [1.165, 1.54) is 7.11 Å². The third-order valence-electron chi connectivity index (χ3n) is 2.63. The number of rotatable bonds is 7. The molecule has 0 aliphatic rings. The first-order chi connectivity index (χ1) is 9.83. The number of carboxylic acid groups (broad SMARTS) is 1. The van der Waals surface area contributed by atoms with Crippen molar-refractivity contribution in [2.45, 2.75) is 18.9 Å². The molecule has 0 aliphatic carbocycles. The summed E-state index contributed by atoms with van der Waals surface area (Å²) in [5.41, 5.74) is 5.44. The molecule has 1 rings (SSSR count). The van der Waals surface area contributed by atoms with E-state index >= 15 is 0 Å². The molecule has 8 heteroatoms. The van der Waals surface area contributed by atoms with Gasteiger partial charge < -0.3 is 20.9 Å². The van der Waals surface area contributed by atoms with Crippen LogP contribution in [0.4, 0.5) is 0 Å². The second-order valence-corrected chi connectivity index (χ2v) is 4.70. The van der Waals surface area contributed by atoms with Gasteiger partial charge in [-0.1, -0.05) is 11.6 Å². The van der Waals surface area contributed by atoms with E-state index < -0.39 is 30.2 Å². The van der Waals surface area contributed by atoms with Gasteiger partial charge in [0.15, 0.2) is 0 Å². The lowest BCUT2D eigenvalue weighted by Gasteiger charge is -2.14. The molecule has 0 bridgehead atoms. The number of halogens is 1. The van der Waals surface area contributed by atoms with Crippen molar-refractivity contribution in [3.8, 4) is 5.75 Å². The maximum Gasteiger partial charge on any atom is 0.326 e. The number of carboxylic acids is 1. The predicted molar refractivity (Wildman–Crippen MR) is 75.1 cm³/mol. The fourth-order valence-electron chi connectivity index (χ4n) is 1.70. The van der Waals surface area contributed by atoms with E-state index in [4.69, 9.17) is 27.2 Å². The van der Waals surface area contributed by atoms with Gasteiger partial charge in [0.2, 0.25) is 11.8 Å². The van der Waals surface area contributed by atoms with E-state index in [0.717, 1.165) is 0 Å². The first kappa shape index (κ1) is 16.8. The van der Waals surface area contributed by atoms with E-state index in [1.54, 1.807) is 18.2 Å². The Morgan fingerprint density at radius 2 is 2.10 bits per heavy atom. The minimum atomic E-state index is -1.36. The summed E-state index contributed by atoms with van der Waals surface area (Å²) in [4.78, 5) is 33.6. The Bertz CT molecular complexity index is 561. The second-order valence-electron chi connectivity index (χ2n) is 4.26. The van der Waals surface area contributed by atoms with E-state index in [2.05, 4.69) is 5.32 Å². The largest absolute Gasteiger partial charge is 0.496 e. The number of hydrogen-bond acceptors (Lipinski definition) is 4. The maximum absolute atomic E-state index is 11.9. The molecule has 4 N–H and O–H groups in total. The highest BCUT2D eigenvalue weighted by molar-refractivity contribution is 6.30. The molecule has 0 radical (unpaired) electrons. The minimum absolute atomic E-state index is 0.133. The molecule has 0 fully saturated rings. The molecule has 0 saturated heterocycles. The molecule has 0 heterocycles. The van der Waals surface area contributed by atoms with Crippen LogP contribution in [0.15, 0.2) is 18.2 Å². The molecule has 0 aliphatic heterocycles. The number of aliphatic carboxylic acids is 1. The number of amides is 2. The van der Waals surface area contributed by atoms with E-state index in [-0.39, 0.29) is 6.42 Å². The topological polar surface area (TPSA) is 119 Å². The van der Waals surface area contributed by atoms with Gasteiger partial charge in [-0.3, -0.25) is 9.59 Å². The third-order valence-corrected chi connectivity index (χ3v) is 2.87. The molecular formula is C13H15ClN2O5. The summed E-state index contributed by atoms with van der Waals surface area (Å²) in [6.45, 7) is 0. The molecule has 114 valence electrons. The number of hydrogen-bond donors (Lipinski definition) is 3. The lowest BCUT2D eigenvalue weighted by Crippen LogP contribution is -2.43. The molecule has 2 amide bonds. The standard InChI is InChI=1S/C13H15ClN2O5/c1-21-10-3-2-8(14)4-7(10)5-12(18)16-9(13(19)20)6-11(15)17/h2-4,9H,5-6H2,1H3,(H2,15,17)(H,16,18)(H,19,20)/t9-/m0/s1. The van der Waals surface area contributed by atoms with Gasteiger partial charge in [0.05, 0.1) is 20.0 Å². The molecule has 21 heavy (non-hydrogen) atoms. The van der Waals surface area contributed by atoms with Gasteiger partial charge in [0.1, 0.15) is 11.8 Å². The monoisotopic (exact) mass is 314 g/mol. The normalized spacial score (nSPS) is 11.5. The summed E-state index contributed by atoms with van der Waals surface area (Å²) in [6, 6.07) is 3.39. The second kappa shape index (κ2) is 7.49. The fraction of sp³-hybridized carbons (Fsp3) is 0.308. The molecule has 0 saturated carbocycles. The Labute approximate surface area is 126 Å². The summed E-state index contributed by atoms with van der Waals surface area (Å²) < 4.78 is 5.09. The van der Waals surface area contributed by atoms with Gasteiger partial charge in [0.25, 0.3) is 0 Å².